The lowest BCUT2D eigenvalue weighted by Gasteiger charge is -2.31. The summed E-state index contributed by atoms with van der Waals surface area (Å²) in [6.07, 6.45) is 2.29. The molecule has 1 aromatic carbocycles. The van der Waals surface area contributed by atoms with Crippen molar-refractivity contribution in [2.24, 2.45) is 5.73 Å². The normalized spacial score (nSPS) is 16.8. The van der Waals surface area contributed by atoms with Gasteiger partial charge in [0, 0.05) is 0 Å². The molecule has 0 aliphatic carbocycles. The van der Waals surface area contributed by atoms with E-state index in [-0.39, 0.29) is 0 Å². The lowest BCUT2D eigenvalue weighted by atomic mass is 9.89. The van der Waals surface area contributed by atoms with E-state index in [0.29, 0.717) is 18.4 Å². The minimum Gasteiger partial charge on any atom is -0.497 e. The van der Waals surface area contributed by atoms with Crippen molar-refractivity contribution < 1.29 is 9.26 Å². The smallest absolute Gasteiger partial charge is 0.240 e. The van der Waals surface area contributed by atoms with Gasteiger partial charge in [-0.05, 0) is 49.5 Å². The van der Waals surface area contributed by atoms with E-state index >= 15 is 0 Å². The summed E-state index contributed by atoms with van der Waals surface area (Å²) < 4.78 is 10.3. The van der Waals surface area contributed by atoms with Gasteiger partial charge in [0.05, 0.1) is 20.2 Å². The van der Waals surface area contributed by atoms with E-state index in [1.54, 1.807) is 7.11 Å². The molecular weight excluding hydrogens is 280 g/mol. The Morgan fingerprint density at radius 2 is 2.00 bits per heavy atom. The number of benzene rings is 1. The molecule has 2 heterocycles. The number of hydrogen-bond acceptors (Lipinski definition) is 6. The van der Waals surface area contributed by atoms with Gasteiger partial charge in [0.1, 0.15) is 5.75 Å². The molecule has 0 spiro atoms. The first-order chi connectivity index (χ1) is 10.8. The van der Waals surface area contributed by atoms with Crippen LogP contribution in [0.1, 0.15) is 36.0 Å². The van der Waals surface area contributed by atoms with E-state index < -0.39 is 0 Å². The minimum absolute atomic E-state index is 0.298. The maximum Gasteiger partial charge on any atom is 0.240 e. The Balaban J connectivity index is 1.53. The molecule has 0 saturated carbocycles. The van der Waals surface area contributed by atoms with Crippen LogP contribution in [0.3, 0.4) is 0 Å². The van der Waals surface area contributed by atoms with Crippen molar-refractivity contribution in [3.05, 3.63) is 41.5 Å². The van der Waals surface area contributed by atoms with E-state index in [1.165, 1.54) is 5.56 Å². The van der Waals surface area contributed by atoms with Gasteiger partial charge in [0.25, 0.3) is 0 Å². The maximum atomic E-state index is 5.48. The molecule has 1 saturated heterocycles. The van der Waals surface area contributed by atoms with Crippen LogP contribution in [0, 0.1) is 0 Å². The molecule has 22 heavy (non-hydrogen) atoms. The van der Waals surface area contributed by atoms with Crippen LogP contribution in [0.5, 0.6) is 5.75 Å². The van der Waals surface area contributed by atoms with E-state index in [2.05, 4.69) is 27.2 Å². The Kier molecular flexibility index (Phi) is 4.70. The molecule has 0 atom stereocenters. The largest absolute Gasteiger partial charge is 0.497 e. The highest BCUT2D eigenvalue weighted by Crippen LogP contribution is 2.29. The van der Waals surface area contributed by atoms with Gasteiger partial charge in [-0.15, -0.1) is 0 Å². The van der Waals surface area contributed by atoms with Gasteiger partial charge in [0.2, 0.25) is 5.89 Å². The molecule has 0 bridgehead atoms. The fourth-order valence-corrected chi connectivity index (χ4v) is 2.94. The van der Waals surface area contributed by atoms with Gasteiger partial charge in [-0.2, -0.15) is 4.98 Å². The molecule has 0 radical (unpaired) electrons. The highest BCUT2D eigenvalue weighted by Gasteiger charge is 2.21. The summed E-state index contributed by atoms with van der Waals surface area (Å²) in [5.41, 5.74) is 6.87. The first kappa shape index (κ1) is 15.0. The van der Waals surface area contributed by atoms with Crippen LogP contribution in [-0.4, -0.2) is 35.2 Å². The molecule has 2 N–H and O–H groups in total. The number of nitrogens with zero attached hydrogens (tertiary/aromatic N) is 3. The number of aromatic nitrogens is 2. The molecule has 6 nitrogen and oxygen atoms in total. The predicted molar refractivity (Wildman–Crippen MR) is 82.4 cm³/mol. The summed E-state index contributed by atoms with van der Waals surface area (Å²) in [4.78, 5) is 6.63. The molecule has 0 unspecified atom stereocenters. The first-order valence-corrected chi connectivity index (χ1v) is 7.66. The van der Waals surface area contributed by atoms with Gasteiger partial charge in [-0.25, -0.2) is 0 Å². The minimum atomic E-state index is 0.298. The van der Waals surface area contributed by atoms with Crippen molar-refractivity contribution in [2.45, 2.75) is 31.8 Å². The fraction of sp³-hybridized carbons (Fsp3) is 0.500. The molecule has 1 aromatic heterocycles. The molecular formula is C16H22N4O2. The highest BCUT2D eigenvalue weighted by atomic mass is 16.5. The Hall–Kier alpha value is -1.92. The monoisotopic (exact) mass is 302 g/mol. The number of nitrogens with two attached hydrogens (primary N) is 1. The zero-order valence-corrected chi connectivity index (χ0v) is 12.9. The van der Waals surface area contributed by atoms with Crippen molar-refractivity contribution in [3.63, 3.8) is 0 Å². The number of methoxy groups -OCH3 is 1. The molecule has 3 rings (SSSR count). The molecule has 2 aromatic rings. The molecule has 6 heteroatoms. The van der Waals surface area contributed by atoms with E-state index in [0.717, 1.165) is 44.0 Å². The Bertz CT molecular complexity index is 588. The van der Waals surface area contributed by atoms with E-state index in [9.17, 15) is 0 Å². The van der Waals surface area contributed by atoms with Crippen LogP contribution in [-0.2, 0) is 13.1 Å². The van der Waals surface area contributed by atoms with Crippen LogP contribution in [0.25, 0.3) is 0 Å². The predicted octanol–water partition coefficient (Wildman–Crippen LogP) is 1.92. The van der Waals surface area contributed by atoms with Gasteiger partial charge >= 0.3 is 0 Å². The summed E-state index contributed by atoms with van der Waals surface area (Å²) in [6.45, 7) is 3.12. The topological polar surface area (TPSA) is 77.4 Å². The number of piperidine rings is 1. The molecule has 1 aliphatic heterocycles. The number of hydrogen-bond donors (Lipinski definition) is 1. The Morgan fingerprint density at radius 3 is 2.59 bits per heavy atom. The van der Waals surface area contributed by atoms with Gasteiger partial charge in [0.15, 0.2) is 5.82 Å². The van der Waals surface area contributed by atoms with Crippen molar-refractivity contribution in [1.29, 1.82) is 0 Å². The van der Waals surface area contributed by atoms with Crippen molar-refractivity contribution in [3.8, 4) is 5.75 Å². The average molecular weight is 302 g/mol. The lowest BCUT2D eigenvalue weighted by Crippen LogP contribution is -2.32. The van der Waals surface area contributed by atoms with E-state index in [1.807, 2.05) is 12.1 Å². The van der Waals surface area contributed by atoms with Crippen molar-refractivity contribution >= 4 is 0 Å². The molecule has 0 amide bonds. The number of rotatable bonds is 5. The van der Waals surface area contributed by atoms with E-state index in [4.69, 9.17) is 15.0 Å². The van der Waals surface area contributed by atoms with Crippen LogP contribution < -0.4 is 10.5 Å². The molecule has 118 valence electrons. The molecule has 1 aliphatic rings. The summed E-state index contributed by atoms with van der Waals surface area (Å²) in [6, 6.07) is 8.42. The average Bonchev–Trinajstić information content (AvgIpc) is 3.03. The second kappa shape index (κ2) is 6.89. The quantitative estimate of drug-likeness (QED) is 0.909. The van der Waals surface area contributed by atoms with Crippen LogP contribution in [0.2, 0.25) is 0 Å². The maximum absolute atomic E-state index is 5.48. The summed E-state index contributed by atoms with van der Waals surface area (Å²) in [5, 5.41) is 3.96. The summed E-state index contributed by atoms with van der Waals surface area (Å²) in [5.74, 6) is 2.76. The van der Waals surface area contributed by atoms with Crippen LogP contribution in [0.4, 0.5) is 0 Å². The highest BCUT2D eigenvalue weighted by molar-refractivity contribution is 5.29. The van der Waals surface area contributed by atoms with Crippen LogP contribution >= 0.6 is 0 Å². The number of likely N-dealkylation sites (tertiary alicyclic amines) is 1. The van der Waals surface area contributed by atoms with Crippen molar-refractivity contribution in [1.82, 2.24) is 15.0 Å². The summed E-state index contributed by atoms with van der Waals surface area (Å²) >= 11 is 0. The van der Waals surface area contributed by atoms with Gasteiger partial charge in [-0.3, -0.25) is 4.90 Å². The lowest BCUT2D eigenvalue weighted by molar-refractivity contribution is 0.198. The second-order valence-electron chi connectivity index (χ2n) is 5.63. The molecule has 1 fully saturated rings. The zero-order valence-electron chi connectivity index (χ0n) is 12.9. The zero-order chi connectivity index (χ0) is 15.4. The Morgan fingerprint density at radius 1 is 1.27 bits per heavy atom. The van der Waals surface area contributed by atoms with Crippen molar-refractivity contribution in [2.75, 3.05) is 20.2 Å². The van der Waals surface area contributed by atoms with Crippen LogP contribution in [0.15, 0.2) is 28.8 Å². The summed E-state index contributed by atoms with van der Waals surface area (Å²) in [7, 11) is 1.70. The third-order valence-corrected chi connectivity index (χ3v) is 4.22. The standard InChI is InChI=1S/C16H22N4O2/c1-21-14-4-2-12(3-5-14)13-6-8-20(9-7-13)11-15-18-16(10-17)22-19-15/h2-5,13H,6-11,17H2,1H3. The fourth-order valence-electron chi connectivity index (χ4n) is 2.94. The van der Waals surface area contributed by atoms with Gasteiger partial charge in [-0.1, -0.05) is 17.3 Å². The van der Waals surface area contributed by atoms with Gasteiger partial charge < -0.3 is 15.0 Å². The second-order valence-corrected chi connectivity index (χ2v) is 5.63. The first-order valence-electron chi connectivity index (χ1n) is 7.66. The Labute approximate surface area is 130 Å². The third-order valence-electron chi connectivity index (χ3n) is 4.22. The number of ether oxygens (including phenoxy) is 1. The SMILES string of the molecule is COc1ccc(C2CCN(Cc3noc(CN)n3)CC2)cc1. The third kappa shape index (κ3) is 3.45.